The zero-order valence-corrected chi connectivity index (χ0v) is 15.3. The molecule has 4 aromatic rings. The van der Waals surface area contributed by atoms with Crippen LogP contribution in [0, 0.1) is 0 Å². The summed E-state index contributed by atoms with van der Waals surface area (Å²) in [6.07, 6.45) is 3.52. The number of nitrogens with two attached hydrogens (primary N) is 1. The molecule has 28 heavy (non-hydrogen) atoms. The number of para-hydroxylation sites is 1. The van der Waals surface area contributed by atoms with Gasteiger partial charge in [-0.15, -0.1) is 0 Å². The third kappa shape index (κ3) is 2.61. The number of carbonyl (C=O) groups is 1. The number of anilines is 1. The molecule has 1 aromatic carbocycles. The zero-order valence-electron chi connectivity index (χ0n) is 15.3. The van der Waals surface area contributed by atoms with Gasteiger partial charge >= 0.3 is 0 Å². The second-order valence-corrected chi connectivity index (χ2v) is 6.92. The molecular formula is C20H19N5O3. The molecule has 0 spiro atoms. The maximum atomic E-state index is 13.1. The maximum absolute atomic E-state index is 13.1. The lowest BCUT2D eigenvalue weighted by molar-refractivity contribution is 0.00321. The first-order chi connectivity index (χ1) is 13.6. The van der Waals surface area contributed by atoms with Crippen LogP contribution in [0.15, 0.2) is 47.1 Å². The van der Waals surface area contributed by atoms with Crippen LogP contribution in [0.3, 0.4) is 0 Å². The predicted molar refractivity (Wildman–Crippen MR) is 104 cm³/mol. The molecule has 3 aromatic heterocycles. The normalized spacial score (nSPS) is 17.5. The molecule has 5 rings (SSSR count). The molecule has 0 unspecified atom stereocenters. The lowest BCUT2D eigenvalue weighted by Crippen LogP contribution is -2.47. The summed E-state index contributed by atoms with van der Waals surface area (Å²) in [5.41, 5.74) is 10.0. The largest absolute Gasteiger partial charge is 0.423 e. The second-order valence-electron chi connectivity index (χ2n) is 6.92. The highest BCUT2D eigenvalue weighted by atomic mass is 16.5. The van der Waals surface area contributed by atoms with E-state index in [2.05, 4.69) is 9.97 Å². The SMILES string of the molecule is C[C@H]1COCCN1C(=O)c1cnc2ccc(-c3cccc4nc(N)oc34)cn12. The van der Waals surface area contributed by atoms with Gasteiger partial charge in [-0.1, -0.05) is 12.1 Å². The highest BCUT2D eigenvalue weighted by Gasteiger charge is 2.27. The van der Waals surface area contributed by atoms with E-state index in [0.29, 0.717) is 42.2 Å². The summed E-state index contributed by atoms with van der Waals surface area (Å²) >= 11 is 0. The number of aromatic nitrogens is 3. The molecule has 0 radical (unpaired) electrons. The number of hydrogen-bond donors (Lipinski definition) is 1. The van der Waals surface area contributed by atoms with Crippen molar-refractivity contribution >= 4 is 28.7 Å². The minimum absolute atomic E-state index is 0.0286. The first-order valence-electron chi connectivity index (χ1n) is 9.13. The van der Waals surface area contributed by atoms with Crippen LogP contribution >= 0.6 is 0 Å². The number of nitrogen functional groups attached to an aromatic ring is 1. The summed E-state index contributed by atoms with van der Waals surface area (Å²) in [6.45, 7) is 3.65. The van der Waals surface area contributed by atoms with E-state index in [0.717, 1.165) is 11.1 Å². The summed E-state index contributed by atoms with van der Waals surface area (Å²) in [5, 5.41) is 0. The van der Waals surface area contributed by atoms with Crippen LogP contribution in [0.5, 0.6) is 0 Å². The summed E-state index contributed by atoms with van der Waals surface area (Å²) in [5.74, 6) is -0.0532. The average molecular weight is 377 g/mol. The number of imidazole rings is 1. The number of nitrogens with zero attached hydrogens (tertiary/aromatic N) is 4. The van der Waals surface area contributed by atoms with Crippen LogP contribution in [0.4, 0.5) is 6.01 Å². The smallest absolute Gasteiger partial charge is 0.293 e. The molecule has 142 valence electrons. The van der Waals surface area contributed by atoms with Gasteiger partial charge in [-0.3, -0.25) is 9.20 Å². The zero-order chi connectivity index (χ0) is 19.3. The number of morpholine rings is 1. The molecule has 1 fully saturated rings. The van der Waals surface area contributed by atoms with Crippen LogP contribution in [0.1, 0.15) is 17.4 Å². The molecule has 8 heteroatoms. The topological polar surface area (TPSA) is 98.9 Å². The van der Waals surface area contributed by atoms with E-state index in [1.807, 2.05) is 52.8 Å². The van der Waals surface area contributed by atoms with E-state index in [-0.39, 0.29) is 18.0 Å². The van der Waals surface area contributed by atoms with E-state index < -0.39 is 0 Å². The first kappa shape index (κ1) is 16.8. The van der Waals surface area contributed by atoms with Gasteiger partial charge in [0.25, 0.3) is 11.9 Å². The van der Waals surface area contributed by atoms with E-state index in [9.17, 15) is 4.79 Å². The number of fused-ring (bicyclic) bond motifs is 2. The molecule has 1 amide bonds. The number of amides is 1. The van der Waals surface area contributed by atoms with Crippen LogP contribution < -0.4 is 5.73 Å². The summed E-state index contributed by atoms with van der Waals surface area (Å²) < 4.78 is 12.8. The number of hydrogen-bond acceptors (Lipinski definition) is 6. The number of ether oxygens (including phenoxy) is 1. The minimum Gasteiger partial charge on any atom is -0.423 e. The molecule has 4 heterocycles. The van der Waals surface area contributed by atoms with Gasteiger partial charge in [0.15, 0.2) is 5.58 Å². The number of pyridine rings is 1. The Bertz CT molecular complexity index is 1200. The van der Waals surface area contributed by atoms with Crippen molar-refractivity contribution < 1.29 is 13.9 Å². The quantitative estimate of drug-likeness (QED) is 0.576. The van der Waals surface area contributed by atoms with Crippen LogP contribution in [0.25, 0.3) is 27.9 Å². The van der Waals surface area contributed by atoms with Gasteiger partial charge in [0.1, 0.15) is 16.9 Å². The van der Waals surface area contributed by atoms with Crippen LogP contribution in [-0.4, -0.2) is 51.0 Å². The Kier molecular flexibility index (Phi) is 3.80. The monoisotopic (exact) mass is 377 g/mol. The van der Waals surface area contributed by atoms with Crippen molar-refractivity contribution in [2.24, 2.45) is 0 Å². The molecule has 1 aliphatic rings. The number of rotatable bonds is 2. The standard InChI is InChI=1S/C20H19N5O3/c1-12-11-27-8-7-24(12)19(26)16-9-22-17-6-5-13(10-25(16)17)14-3-2-4-15-18(14)28-20(21)23-15/h2-6,9-10,12H,7-8,11H2,1H3,(H2,21,23)/t12-/m0/s1. The Morgan fingerprint density at radius 1 is 1.29 bits per heavy atom. The molecule has 8 nitrogen and oxygen atoms in total. The average Bonchev–Trinajstić information content (AvgIpc) is 3.29. The minimum atomic E-state index is -0.0532. The van der Waals surface area contributed by atoms with E-state index in [4.69, 9.17) is 14.9 Å². The van der Waals surface area contributed by atoms with E-state index in [1.165, 1.54) is 0 Å². The molecule has 1 atom stereocenters. The number of benzene rings is 1. The lowest BCUT2D eigenvalue weighted by atomic mass is 10.1. The lowest BCUT2D eigenvalue weighted by Gasteiger charge is -2.33. The third-order valence-corrected chi connectivity index (χ3v) is 5.10. The van der Waals surface area contributed by atoms with Crippen molar-refractivity contribution in [1.82, 2.24) is 19.3 Å². The fourth-order valence-corrected chi connectivity index (χ4v) is 3.67. The number of oxazole rings is 1. The Morgan fingerprint density at radius 2 is 2.18 bits per heavy atom. The van der Waals surface area contributed by atoms with Crippen LogP contribution in [0.2, 0.25) is 0 Å². The summed E-state index contributed by atoms with van der Waals surface area (Å²) in [6, 6.07) is 9.68. The van der Waals surface area contributed by atoms with Gasteiger partial charge in [0, 0.05) is 23.9 Å². The number of carbonyl (C=O) groups excluding carboxylic acids is 1. The molecule has 1 aliphatic heterocycles. The Morgan fingerprint density at radius 3 is 3.04 bits per heavy atom. The van der Waals surface area contributed by atoms with Gasteiger partial charge in [0.05, 0.1) is 25.5 Å². The fraction of sp³-hybridized carbons (Fsp3) is 0.250. The van der Waals surface area contributed by atoms with E-state index in [1.54, 1.807) is 6.20 Å². The fourth-order valence-electron chi connectivity index (χ4n) is 3.67. The third-order valence-electron chi connectivity index (χ3n) is 5.10. The van der Waals surface area contributed by atoms with Gasteiger partial charge in [0.2, 0.25) is 0 Å². The van der Waals surface area contributed by atoms with Crippen molar-refractivity contribution in [3.63, 3.8) is 0 Å². The van der Waals surface area contributed by atoms with Crippen molar-refractivity contribution in [2.75, 3.05) is 25.5 Å². The Hall–Kier alpha value is -3.39. The van der Waals surface area contributed by atoms with Crippen molar-refractivity contribution in [2.45, 2.75) is 13.0 Å². The maximum Gasteiger partial charge on any atom is 0.293 e. The predicted octanol–water partition coefficient (Wildman–Crippen LogP) is 2.59. The second kappa shape index (κ2) is 6.35. The van der Waals surface area contributed by atoms with Gasteiger partial charge in [-0.2, -0.15) is 4.98 Å². The highest BCUT2D eigenvalue weighted by molar-refractivity contribution is 5.94. The highest BCUT2D eigenvalue weighted by Crippen LogP contribution is 2.30. The van der Waals surface area contributed by atoms with Crippen molar-refractivity contribution in [3.05, 3.63) is 48.4 Å². The Balaban J connectivity index is 1.61. The summed E-state index contributed by atoms with van der Waals surface area (Å²) in [7, 11) is 0. The Labute approximate surface area is 160 Å². The molecule has 2 N–H and O–H groups in total. The van der Waals surface area contributed by atoms with Gasteiger partial charge in [-0.05, 0) is 25.1 Å². The molecule has 0 saturated carbocycles. The van der Waals surface area contributed by atoms with Crippen LogP contribution in [-0.2, 0) is 4.74 Å². The van der Waals surface area contributed by atoms with Crippen molar-refractivity contribution in [3.8, 4) is 11.1 Å². The van der Waals surface area contributed by atoms with Gasteiger partial charge < -0.3 is 19.8 Å². The molecule has 1 saturated heterocycles. The first-order valence-corrected chi connectivity index (χ1v) is 9.13. The molecule has 0 aliphatic carbocycles. The van der Waals surface area contributed by atoms with Gasteiger partial charge in [-0.25, -0.2) is 4.98 Å². The molecule has 0 bridgehead atoms. The summed E-state index contributed by atoms with van der Waals surface area (Å²) in [4.78, 5) is 23.5. The van der Waals surface area contributed by atoms with E-state index >= 15 is 0 Å². The van der Waals surface area contributed by atoms with Crippen molar-refractivity contribution in [1.29, 1.82) is 0 Å². The molecular weight excluding hydrogens is 358 g/mol.